The van der Waals surface area contributed by atoms with Gasteiger partial charge in [-0.25, -0.2) is 9.18 Å². The van der Waals surface area contributed by atoms with Crippen LogP contribution in [-0.2, 0) is 0 Å². The molecule has 0 saturated heterocycles. The number of Topliss-reactive ketones (excluding diaryl/α,β-unsaturated/α-hetero) is 1. The van der Waals surface area contributed by atoms with Gasteiger partial charge in [0.25, 0.3) is 0 Å². The van der Waals surface area contributed by atoms with E-state index >= 15 is 0 Å². The highest BCUT2D eigenvalue weighted by molar-refractivity contribution is 6.32. The Morgan fingerprint density at radius 1 is 1.10 bits per heavy atom. The van der Waals surface area contributed by atoms with Crippen molar-refractivity contribution < 1.29 is 23.5 Å². The van der Waals surface area contributed by atoms with Gasteiger partial charge in [0.15, 0.2) is 5.76 Å². The minimum atomic E-state index is -0.598. The van der Waals surface area contributed by atoms with E-state index in [2.05, 4.69) is 0 Å². The van der Waals surface area contributed by atoms with Crippen molar-refractivity contribution in [2.45, 2.75) is 6.92 Å². The maximum Gasteiger partial charge on any atom is 0.343 e. The third-order valence-electron chi connectivity index (χ3n) is 4.57. The lowest BCUT2D eigenvalue weighted by molar-refractivity contribution is 0.0733. The third-order valence-corrected chi connectivity index (χ3v) is 5.14. The smallest absolute Gasteiger partial charge is 0.343 e. The summed E-state index contributed by atoms with van der Waals surface area (Å²) in [5.41, 5.74) is 1.09. The molecule has 4 nitrogen and oxygen atoms in total. The number of allylic oxidation sites excluding steroid dienone is 1. The molecule has 0 bridgehead atoms. The Bertz CT molecular complexity index is 1210. The number of halogens is 3. The molecule has 0 fully saturated rings. The van der Waals surface area contributed by atoms with Crippen LogP contribution in [0.1, 0.15) is 31.8 Å². The van der Waals surface area contributed by atoms with Gasteiger partial charge in [-0.05, 0) is 55.5 Å². The molecule has 0 N–H and O–H groups in total. The van der Waals surface area contributed by atoms with Crippen LogP contribution in [0.15, 0.2) is 60.4 Å². The summed E-state index contributed by atoms with van der Waals surface area (Å²) in [5.74, 6) is -1.18. The monoisotopic (exact) mass is 442 g/mol. The van der Waals surface area contributed by atoms with Crippen molar-refractivity contribution in [3.63, 3.8) is 0 Å². The van der Waals surface area contributed by atoms with Crippen LogP contribution in [0.5, 0.6) is 11.5 Å². The van der Waals surface area contributed by atoms with E-state index in [4.69, 9.17) is 32.7 Å². The normalized spacial score (nSPS) is 13.9. The van der Waals surface area contributed by atoms with Crippen LogP contribution < -0.4 is 9.47 Å². The predicted molar refractivity (Wildman–Crippen MR) is 112 cm³/mol. The Morgan fingerprint density at radius 3 is 2.60 bits per heavy atom. The summed E-state index contributed by atoms with van der Waals surface area (Å²) in [6, 6.07) is 13.6. The van der Waals surface area contributed by atoms with Gasteiger partial charge in [0, 0.05) is 16.1 Å². The first-order chi connectivity index (χ1) is 14.3. The number of hydrogen-bond donors (Lipinski definition) is 0. The molecule has 1 aliphatic rings. The van der Waals surface area contributed by atoms with Gasteiger partial charge >= 0.3 is 5.97 Å². The van der Waals surface area contributed by atoms with Gasteiger partial charge in [0.2, 0.25) is 5.78 Å². The number of benzene rings is 3. The molecular weight excluding hydrogens is 430 g/mol. The Morgan fingerprint density at radius 2 is 1.87 bits per heavy atom. The number of esters is 1. The maximum absolute atomic E-state index is 14.1. The number of ketones is 1. The van der Waals surface area contributed by atoms with Gasteiger partial charge in [-0.3, -0.25) is 4.79 Å². The Hall–Kier alpha value is -3.15. The molecule has 0 aromatic heterocycles. The van der Waals surface area contributed by atoms with E-state index in [0.29, 0.717) is 10.6 Å². The fourth-order valence-electron chi connectivity index (χ4n) is 3.03. The summed E-state index contributed by atoms with van der Waals surface area (Å²) in [6.07, 6.45) is 1.26. The molecular formula is C23H13Cl2FO4. The molecule has 3 aromatic rings. The molecule has 0 spiro atoms. The molecule has 0 unspecified atom stereocenters. The standard InChI is InChI=1S/C23H13Cl2FO4/c1-12-19(30-23(28)13-4-2-5-14(24)10-13)9-8-15-21(27)20(29-22(12)15)11-16-17(25)6-3-7-18(16)26/h2-11H,1H3/b20-11-. The summed E-state index contributed by atoms with van der Waals surface area (Å²) in [6.45, 7) is 1.66. The molecule has 150 valence electrons. The second-order valence-electron chi connectivity index (χ2n) is 6.54. The van der Waals surface area contributed by atoms with E-state index < -0.39 is 17.6 Å². The van der Waals surface area contributed by atoms with Crippen LogP contribution in [0.25, 0.3) is 6.08 Å². The van der Waals surface area contributed by atoms with Crippen LogP contribution in [-0.4, -0.2) is 11.8 Å². The van der Waals surface area contributed by atoms with E-state index in [-0.39, 0.29) is 39.0 Å². The van der Waals surface area contributed by atoms with Gasteiger partial charge in [-0.15, -0.1) is 0 Å². The summed E-state index contributed by atoms with van der Waals surface area (Å²) >= 11 is 11.9. The first kappa shape index (κ1) is 20.1. The van der Waals surface area contributed by atoms with Gasteiger partial charge < -0.3 is 9.47 Å². The molecule has 1 heterocycles. The minimum Gasteiger partial charge on any atom is -0.452 e. The van der Waals surface area contributed by atoms with Crippen molar-refractivity contribution in [2.24, 2.45) is 0 Å². The zero-order valence-electron chi connectivity index (χ0n) is 15.5. The molecule has 0 saturated carbocycles. The number of rotatable bonds is 3. The molecule has 0 aliphatic carbocycles. The number of carbonyl (C=O) groups is 2. The summed E-state index contributed by atoms with van der Waals surface area (Å²) in [7, 11) is 0. The fourth-order valence-corrected chi connectivity index (χ4v) is 3.44. The van der Waals surface area contributed by atoms with Crippen molar-refractivity contribution in [2.75, 3.05) is 0 Å². The molecule has 4 rings (SSSR count). The van der Waals surface area contributed by atoms with Gasteiger partial charge in [-0.1, -0.05) is 35.3 Å². The van der Waals surface area contributed by atoms with Gasteiger partial charge in [0.1, 0.15) is 17.3 Å². The van der Waals surface area contributed by atoms with Crippen molar-refractivity contribution in [3.8, 4) is 11.5 Å². The first-order valence-corrected chi connectivity index (χ1v) is 9.60. The zero-order valence-corrected chi connectivity index (χ0v) is 17.1. The second kappa shape index (κ2) is 7.94. The molecule has 3 aromatic carbocycles. The Balaban J connectivity index is 1.65. The van der Waals surface area contributed by atoms with Crippen LogP contribution in [0.4, 0.5) is 4.39 Å². The van der Waals surface area contributed by atoms with E-state index in [1.807, 2.05) is 0 Å². The van der Waals surface area contributed by atoms with Crippen molar-refractivity contribution in [1.29, 1.82) is 0 Å². The second-order valence-corrected chi connectivity index (χ2v) is 7.38. The largest absolute Gasteiger partial charge is 0.452 e. The quantitative estimate of drug-likeness (QED) is 0.272. The topological polar surface area (TPSA) is 52.6 Å². The molecule has 1 aliphatic heterocycles. The van der Waals surface area contributed by atoms with Crippen molar-refractivity contribution in [3.05, 3.63) is 98.5 Å². The van der Waals surface area contributed by atoms with E-state index in [0.717, 1.165) is 0 Å². The Labute approximate surface area is 181 Å². The average Bonchev–Trinajstić information content (AvgIpc) is 3.03. The molecule has 7 heteroatoms. The molecule has 0 radical (unpaired) electrons. The van der Waals surface area contributed by atoms with E-state index in [1.165, 1.54) is 42.5 Å². The summed E-state index contributed by atoms with van der Waals surface area (Å²) < 4.78 is 25.2. The lowest BCUT2D eigenvalue weighted by atomic mass is 10.1. The lowest BCUT2D eigenvalue weighted by Crippen LogP contribution is -2.09. The zero-order chi connectivity index (χ0) is 21.4. The van der Waals surface area contributed by atoms with Crippen LogP contribution >= 0.6 is 23.2 Å². The number of ether oxygens (including phenoxy) is 2. The maximum atomic E-state index is 14.1. The Kier molecular flexibility index (Phi) is 5.33. The van der Waals surface area contributed by atoms with E-state index in [1.54, 1.807) is 25.1 Å². The van der Waals surface area contributed by atoms with Crippen LogP contribution in [0.3, 0.4) is 0 Å². The van der Waals surface area contributed by atoms with Gasteiger partial charge in [0.05, 0.1) is 16.1 Å². The fraction of sp³-hybridized carbons (Fsp3) is 0.0435. The lowest BCUT2D eigenvalue weighted by Gasteiger charge is -2.10. The van der Waals surface area contributed by atoms with E-state index in [9.17, 15) is 14.0 Å². The highest BCUT2D eigenvalue weighted by Crippen LogP contribution is 2.40. The number of carbonyl (C=O) groups excluding carboxylic acids is 2. The van der Waals surface area contributed by atoms with Crippen molar-refractivity contribution >= 4 is 41.0 Å². The van der Waals surface area contributed by atoms with Crippen LogP contribution in [0.2, 0.25) is 10.0 Å². The molecule has 0 amide bonds. The highest BCUT2D eigenvalue weighted by Gasteiger charge is 2.31. The van der Waals surface area contributed by atoms with Crippen molar-refractivity contribution in [1.82, 2.24) is 0 Å². The molecule has 0 atom stereocenters. The molecule has 30 heavy (non-hydrogen) atoms. The minimum absolute atomic E-state index is 0.0561. The SMILES string of the molecule is Cc1c(OC(=O)c2cccc(Cl)c2)ccc2c1O/C(=C\c1c(F)cccc1Cl)C2=O. The summed E-state index contributed by atoms with van der Waals surface area (Å²) in [4.78, 5) is 25.1. The summed E-state index contributed by atoms with van der Waals surface area (Å²) in [5, 5.41) is 0.563. The number of fused-ring (bicyclic) bond motifs is 1. The highest BCUT2D eigenvalue weighted by atomic mass is 35.5. The predicted octanol–water partition coefficient (Wildman–Crippen LogP) is 6.28. The number of hydrogen-bond acceptors (Lipinski definition) is 4. The third kappa shape index (κ3) is 3.70. The van der Waals surface area contributed by atoms with Gasteiger partial charge in [-0.2, -0.15) is 0 Å². The van der Waals surface area contributed by atoms with Crippen LogP contribution in [0, 0.1) is 12.7 Å². The average molecular weight is 443 g/mol. The first-order valence-electron chi connectivity index (χ1n) is 8.85.